The molecule has 0 atom stereocenters. The molecule has 2 aromatic heterocycles. The summed E-state index contributed by atoms with van der Waals surface area (Å²) in [5.41, 5.74) is 2.20. The van der Waals surface area contributed by atoms with Gasteiger partial charge in [0.25, 0.3) is 0 Å². The van der Waals surface area contributed by atoms with Crippen LogP contribution in [0.15, 0.2) is 12.1 Å². The lowest BCUT2D eigenvalue weighted by molar-refractivity contribution is 0.0588. The normalized spacial score (nSPS) is 12.8. The molecule has 1 amide bonds. The fraction of sp³-hybridized carbons (Fsp3) is 0.462. The molecule has 4 rings (SSSR count). The van der Waals surface area contributed by atoms with Gasteiger partial charge in [-0.1, -0.05) is 37.8 Å². The molecule has 1 aromatic carbocycles. The number of nitrogens with zero attached hydrogens (tertiary/aromatic N) is 5. The van der Waals surface area contributed by atoms with Crippen molar-refractivity contribution in [1.82, 2.24) is 19.7 Å². The average Bonchev–Trinajstić information content (AvgIpc) is 3.43. The summed E-state index contributed by atoms with van der Waals surface area (Å²) < 4.78 is 7.56. The Kier molecular flexibility index (Phi) is 7.77. The highest BCUT2D eigenvalue weighted by atomic mass is 35.5. The van der Waals surface area contributed by atoms with E-state index in [-0.39, 0.29) is 17.1 Å². The zero-order valence-electron chi connectivity index (χ0n) is 21.3. The van der Waals surface area contributed by atoms with Crippen molar-refractivity contribution in [3.8, 4) is 17.9 Å². The summed E-state index contributed by atoms with van der Waals surface area (Å²) in [5, 5.41) is 17.0. The van der Waals surface area contributed by atoms with Crippen LogP contribution in [0.1, 0.15) is 82.6 Å². The number of nitriles is 1. The smallest absolute Gasteiger partial charge is 0.415 e. The Morgan fingerprint density at radius 1 is 1.31 bits per heavy atom. The van der Waals surface area contributed by atoms with Crippen LogP contribution in [0.4, 0.5) is 10.6 Å². The monoisotopic (exact) mass is 494 g/mol. The van der Waals surface area contributed by atoms with Crippen molar-refractivity contribution in [2.45, 2.75) is 72.4 Å². The van der Waals surface area contributed by atoms with Crippen molar-refractivity contribution in [3.05, 3.63) is 39.8 Å². The lowest BCUT2D eigenvalue weighted by Crippen LogP contribution is -2.34. The van der Waals surface area contributed by atoms with Crippen molar-refractivity contribution >= 4 is 34.5 Å². The van der Waals surface area contributed by atoms with Crippen LogP contribution >= 0.6 is 11.6 Å². The van der Waals surface area contributed by atoms with Gasteiger partial charge in [-0.15, -0.1) is 0 Å². The topological polar surface area (TPSA) is 99.8 Å². The summed E-state index contributed by atoms with van der Waals surface area (Å²) >= 11 is 6.50. The van der Waals surface area contributed by atoms with Crippen molar-refractivity contribution in [2.75, 3.05) is 11.9 Å². The number of anilines is 1. The van der Waals surface area contributed by atoms with Gasteiger partial charge >= 0.3 is 6.09 Å². The molecule has 8 nitrogen and oxygen atoms in total. The Morgan fingerprint density at radius 2 is 1.97 bits per heavy atom. The Morgan fingerprint density at radius 3 is 2.54 bits per heavy atom. The zero-order valence-corrected chi connectivity index (χ0v) is 22.0. The maximum absolute atomic E-state index is 12.3. The molecule has 35 heavy (non-hydrogen) atoms. The second-order valence-corrected chi connectivity index (χ2v) is 9.89. The molecule has 1 saturated carbocycles. The van der Waals surface area contributed by atoms with E-state index in [0.29, 0.717) is 16.6 Å². The number of halogens is 1. The van der Waals surface area contributed by atoms with E-state index < -0.39 is 11.7 Å². The molecular formula is C26H31ClN6O2. The average molecular weight is 495 g/mol. The van der Waals surface area contributed by atoms with Gasteiger partial charge < -0.3 is 9.30 Å². The first-order valence-electron chi connectivity index (χ1n) is 11.7. The lowest BCUT2D eigenvalue weighted by Gasteiger charge is -2.23. The van der Waals surface area contributed by atoms with Crippen LogP contribution in [0.5, 0.6) is 0 Å². The van der Waals surface area contributed by atoms with Crippen molar-refractivity contribution in [3.63, 3.8) is 0 Å². The van der Waals surface area contributed by atoms with Crippen LogP contribution in [0, 0.1) is 30.1 Å². The number of H-pyrrole nitrogens is 1. The maximum atomic E-state index is 12.3. The Bertz CT molecular complexity index is 1340. The van der Waals surface area contributed by atoms with E-state index in [1.165, 1.54) is 18.4 Å². The molecule has 0 unspecified atom stereocenters. The Balaban J connectivity index is 0.00000108. The first-order chi connectivity index (χ1) is 16.5. The third kappa shape index (κ3) is 5.96. The molecule has 3 aromatic rings. The highest BCUT2D eigenvalue weighted by Gasteiger charge is 2.27. The fourth-order valence-electron chi connectivity index (χ4n) is 3.44. The number of imidazole rings is 1. The van der Waals surface area contributed by atoms with E-state index in [4.69, 9.17) is 16.3 Å². The summed E-state index contributed by atoms with van der Waals surface area (Å²) in [6.07, 6.45) is 2.94. The van der Waals surface area contributed by atoms with Gasteiger partial charge in [0.2, 0.25) is 0 Å². The molecule has 1 N–H and O–H groups in total. The highest BCUT2D eigenvalue weighted by Crippen LogP contribution is 2.39. The second kappa shape index (κ2) is 10.4. The van der Waals surface area contributed by atoms with Gasteiger partial charge in [0, 0.05) is 18.7 Å². The highest BCUT2D eigenvalue weighted by molar-refractivity contribution is 6.32. The van der Waals surface area contributed by atoms with E-state index in [1.54, 1.807) is 20.8 Å². The number of amides is 1. The number of carbonyl (C=O) groups is 1. The SMILES string of the molecule is CCC.Cc1nc2cc(C#Cc3[nH]nc(N(C)C(=O)OC(C)(C)C)c3C#N)c(Cl)cc2n1C1CC1. The van der Waals surface area contributed by atoms with E-state index in [0.717, 1.165) is 29.7 Å². The fourth-order valence-corrected chi connectivity index (χ4v) is 3.65. The summed E-state index contributed by atoms with van der Waals surface area (Å²) in [7, 11) is 1.49. The molecule has 0 aliphatic heterocycles. The Labute approximate surface area is 211 Å². The van der Waals surface area contributed by atoms with E-state index in [9.17, 15) is 10.1 Å². The predicted octanol–water partition coefficient (Wildman–Crippen LogP) is 6.12. The van der Waals surface area contributed by atoms with Gasteiger partial charge in [0.15, 0.2) is 5.82 Å². The molecule has 0 bridgehead atoms. The molecule has 0 spiro atoms. The second-order valence-electron chi connectivity index (χ2n) is 9.49. The zero-order chi connectivity index (χ0) is 25.9. The molecule has 184 valence electrons. The van der Waals surface area contributed by atoms with Gasteiger partial charge in [-0.3, -0.25) is 10.00 Å². The number of hydrogen-bond donors (Lipinski definition) is 1. The molecular weight excluding hydrogens is 464 g/mol. The van der Waals surface area contributed by atoms with Crippen LogP contribution in [0.3, 0.4) is 0 Å². The molecule has 1 aliphatic rings. The van der Waals surface area contributed by atoms with Gasteiger partial charge in [-0.25, -0.2) is 9.78 Å². The van der Waals surface area contributed by atoms with E-state index in [2.05, 4.69) is 51.5 Å². The molecule has 1 fully saturated rings. The number of nitrogens with one attached hydrogen (secondary N) is 1. The van der Waals surface area contributed by atoms with Crippen molar-refractivity contribution in [2.24, 2.45) is 0 Å². The summed E-state index contributed by atoms with van der Waals surface area (Å²) in [6.45, 7) is 11.5. The number of fused-ring (bicyclic) bond motifs is 1. The number of ether oxygens (including phenoxy) is 1. The van der Waals surface area contributed by atoms with Crippen LogP contribution in [-0.2, 0) is 4.74 Å². The third-order valence-corrected chi connectivity index (χ3v) is 5.35. The molecule has 0 saturated heterocycles. The molecule has 9 heteroatoms. The Hall–Kier alpha value is -3.49. The number of aryl methyl sites for hydroxylation is 1. The first-order valence-corrected chi connectivity index (χ1v) is 12.0. The summed E-state index contributed by atoms with van der Waals surface area (Å²) in [5.74, 6) is 7.02. The van der Waals surface area contributed by atoms with Gasteiger partial charge in [-0.05, 0) is 58.6 Å². The number of aromatic amines is 1. The van der Waals surface area contributed by atoms with Crippen LogP contribution in [-0.4, -0.2) is 38.5 Å². The van der Waals surface area contributed by atoms with Crippen molar-refractivity contribution < 1.29 is 9.53 Å². The number of aromatic nitrogens is 4. The van der Waals surface area contributed by atoms with Gasteiger partial charge in [0.1, 0.15) is 28.8 Å². The van der Waals surface area contributed by atoms with E-state index in [1.807, 2.05) is 19.1 Å². The minimum atomic E-state index is -0.669. The predicted molar refractivity (Wildman–Crippen MR) is 138 cm³/mol. The summed E-state index contributed by atoms with van der Waals surface area (Å²) in [4.78, 5) is 18.2. The minimum Gasteiger partial charge on any atom is -0.443 e. The molecule has 0 radical (unpaired) electrons. The van der Waals surface area contributed by atoms with E-state index >= 15 is 0 Å². The third-order valence-electron chi connectivity index (χ3n) is 5.03. The number of benzene rings is 1. The van der Waals surface area contributed by atoms with Gasteiger partial charge in [0.05, 0.1) is 16.1 Å². The number of carbonyl (C=O) groups excluding carboxylic acids is 1. The summed E-state index contributed by atoms with van der Waals surface area (Å²) in [6, 6.07) is 6.30. The van der Waals surface area contributed by atoms with Crippen LogP contribution in [0.2, 0.25) is 5.02 Å². The van der Waals surface area contributed by atoms with Crippen LogP contribution < -0.4 is 4.90 Å². The molecule has 1 aliphatic carbocycles. The number of rotatable bonds is 2. The minimum absolute atomic E-state index is 0.145. The quantitative estimate of drug-likeness (QED) is 0.433. The standard InChI is InChI=1S/C23H23ClN6O2.C3H8/c1-13-26-19-10-14(17(24)11-20(19)30(13)15-7-8-15)6-9-18-16(12-25)21(28-27-18)29(5)22(31)32-23(2,3)4;1-3-2/h10-11,15H,7-8H2,1-5H3,(H,27,28);3H2,1-2H3. The lowest BCUT2D eigenvalue weighted by atomic mass is 10.1. The van der Waals surface area contributed by atoms with Crippen molar-refractivity contribution in [1.29, 1.82) is 5.26 Å². The maximum Gasteiger partial charge on any atom is 0.415 e. The number of hydrogen-bond acceptors (Lipinski definition) is 5. The van der Waals surface area contributed by atoms with Crippen LogP contribution in [0.25, 0.3) is 11.0 Å². The first kappa shape index (κ1) is 26.1. The largest absolute Gasteiger partial charge is 0.443 e. The van der Waals surface area contributed by atoms with Gasteiger partial charge in [-0.2, -0.15) is 10.4 Å². The molecule has 2 heterocycles.